The van der Waals surface area contributed by atoms with Crippen molar-refractivity contribution in [3.8, 4) is 0 Å². The van der Waals surface area contributed by atoms with Gasteiger partial charge in [-0.1, -0.05) is 17.7 Å². The van der Waals surface area contributed by atoms with Crippen LogP contribution >= 0.6 is 0 Å². The second-order valence-electron chi connectivity index (χ2n) is 3.48. The van der Waals surface area contributed by atoms with Gasteiger partial charge in [-0.15, -0.1) is 6.58 Å². The van der Waals surface area contributed by atoms with Crippen LogP contribution in [-0.4, -0.2) is 12.6 Å². The molecule has 1 nitrogen and oxygen atoms in total. The van der Waals surface area contributed by atoms with Gasteiger partial charge in [0.2, 0.25) is 0 Å². The lowest BCUT2D eigenvalue weighted by molar-refractivity contribution is 0.626. The molecular formula is C11H19N. The number of rotatable bonds is 5. The van der Waals surface area contributed by atoms with E-state index >= 15 is 0 Å². The predicted octanol–water partition coefficient (Wildman–Crippen LogP) is 2.65. The van der Waals surface area contributed by atoms with E-state index in [0.717, 1.165) is 6.54 Å². The molecule has 0 aromatic rings. The summed E-state index contributed by atoms with van der Waals surface area (Å²) in [5.41, 5.74) is 1.64. The van der Waals surface area contributed by atoms with Crippen LogP contribution in [0.25, 0.3) is 0 Å². The molecule has 0 spiro atoms. The number of hydrogen-bond donors (Lipinski definition) is 1. The van der Waals surface area contributed by atoms with Crippen LogP contribution in [0, 0.1) is 0 Å². The summed E-state index contributed by atoms with van der Waals surface area (Å²) in [6.07, 6.45) is 9.55. The van der Waals surface area contributed by atoms with Gasteiger partial charge in [0.15, 0.2) is 0 Å². The summed E-state index contributed by atoms with van der Waals surface area (Å²) in [6, 6.07) is 0.451. The summed E-state index contributed by atoms with van der Waals surface area (Å²) in [6.45, 7) is 6.97. The van der Waals surface area contributed by atoms with Crippen LogP contribution in [-0.2, 0) is 0 Å². The Morgan fingerprint density at radius 1 is 1.75 bits per heavy atom. The monoisotopic (exact) mass is 165 g/mol. The third-order valence-corrected chi connectivity index (χ3v) is 2.40. The molecule has 1 unspecified atom stereocenters. The first-order valence-corrected chi connectivity index (χ1v) is 4.87. The van der Waals surface area contributed by atoms with Gasteiger partial charge < -0.3 is 5.32 Å². The molecule has 12 heavy (non-hydrogen) atoms. The van der Waals surface area contributed by atoms with Crippen LogP contribution in [0.4, 0.5) is 0 Å². The predicted molar refractivity (Wildman–Crippen MR) is 54.2 cm³/mol. The van der Waals surface area contributed by atoms with Crippen molar-refractivity contribution in [1.29, 1.82) is 0 Å². The van der Waals surface area contributed by atoms with Gasteiger partial charge in [0.05, 0.1) is 0 Å². The second kappa shape index (κ2) is 5.15. The van der Waals surface area contributed by atoms with Crippen molar-refractivity contribution >= 4 is 0 Å². The van der Waals surface area contributed by atoms with Gasteiger partial charge in [-0.05, 0) is 39.2 Å². The highest BCUT2D eigenvalue weighted by atomic mass is 14.9. The molecular weight excluding hydrogens is 146 g/mol. The fraction of sp³-hybridized carbons (Fsp3) is 0.636. The van der Waals surface area contributed by atoms with Crippen LogP contribution in [0.1, 0.15) is 32.6 Å². The minimum absolute atomic E-state index is 0.451. The van der Waals surface area contributed by atoms with Gasteiger partial charge in [-0.25, -0.2) is 0 Å². The highest BCUT2D eigenvalue weighted by Crippen LogP contribution is 2.19. The molecule has 0 bridgehead atoms. The zero-order valence-electron chi connectivity index (χ0n) is 7.97. The molecule has 0 aliphatic heterocycles. The Kier molecular flexibility index (Phi) is 4.09. The summed E-state index contributed by atoms with van der Waals surface area (Å²) in [5.74, 6) is 0. The maximum atomic E-state index is 3.73. The van der Waals surface area contributed by atoms with Gasteiger partial charge in [0.1, 0.15) is 0 Å². The van der Waals surface area contributed by atoms with Crippen molar-refractivity contribution in [3.05, 3.63) is 24.3 Å². The van der Waals surface area contributed by atoms with Crippen LogP contribution in [0.15, 0.2) is 24.3 Å². The molecule has 0 aromatic carbocycles. The van der Waals surface area contributed by atoms with E-state index in [9.17, 15) is 0 Å². The molecule has 0 aromatic heterocycles. The topological polar surface area (TPSA) is 12.0 Å². The van der Waals surface area contributed by atoms with Crippen molar-refractivity contribution in [2.75, 3.05) is 6.54 Å². The van der Waals surface area contributed by atoms with E-state index in [1.165, 1.54) is 25.7 Å². The summed E-state index contributed by atoms with van der Waals surface area (Å²) < 4.78 is 0. The maximum Gasteiger partial charge on any atom is 0.0219 e. The molecule has 0 fully saturated rings. The van der Waals surface area contributed by atoms with Gasteiger partial charge >= 0.3 is 0 Å². The summed E-state index contributed by atoms with van der Waals surface area (Å²) in [7, 11) is 0. The normalized spacial score (nSPS) is 18.9. The van der Waals surface area contributed by atoms with E-state index < -0.39 is 0 Å². The molecule has 1 N–H and O–H groups in total. The first-order chi connectivity index (χ1) is 5.83. The van der Waals surface area contributed by atoms with E-state index in [-0.39, 0.29) is 0 Å². The lowest BCUT2D eigenvalue weighted by Crippen LogP contribution is -2.24. The quantitative estimate of drug-likeness (QED) is 0.617. The molecule has 0 radical (unpaired) electrons. The summed E-state index contributed by atoms with van der Waals surface area (Å²) in [4.78, 5) is 0. The number of hydrogen-bond acceptors (Lipinski definition) is 1. The maximum absolute atomic E-state index is 3.73. The molecule has 68 valence electrons. The average Bonchev–Trinajstić information content (AvgIpc) is 2.57. The van der Waals surface area contributed by atoms with Gasteiger partial charge in [0, 0.05) is 6.04 Å². The van der Waals surface area contributed by atoms with Crippen molar-refractivity contribution in [1.82, 2.24) is 5.32 Å². The van der Waals surface area contributed by atoms with E-state index in [1.54, 1.807) is 5.57 Å². The largest absolute Gasteiger partial charge is 0.310 e. The Labute approximate surface area is 75.6 Å². The van der Waals surface area contributed by atoms with Crippen LogP contribution < -0.4 is 5.32 Å². The molecule has 1 aliphatic rings. The van der Waals surface area contributed by atoms with Gasteiger partial charge in [0.25, 0.3) is 0 Å². The number of nitrogens with one attached hydrogen (secondary N) is 1. The Balaban J connectivity index is 2.05. The highest BCUT2D eigenvalue weighted by molar-refractivity contribution is 5.07. The molecule has 1 heteroatoms. The van der Waals surface area contributed by atoms with E-state index in [4.69, 9.17) is 0 Å². The van der Waals surface area contributed by atoms with Gasteiger partial charge in [-0.2, -0.15) is 0 Å². The smallest absolute Gasteiger partial charge is 0.0219 e. The van der Waals surface area contributed by atoms with Crippen LogP contribution in [0.3, 0.4) is 0 Å². The first-order valence-electron chi connectivity index (χ1n) is 4.87. The standard InChI is InChI=1S/C11H19N/c1-3-10(2)12-9-8-11-6-4-5-7-11/h3,6,10,12H,1,4-5,7-9H2,2H3. The molecule has 0 saturated carbocycles. The Morgan fingerprint density at radius 3 is 3.17 bits per heavy atom. The third-order valence-electron chi connectivity index (χ3n) is 2.40. The third kappa shape index (κ3) is 3.22. The second-order valence-corrected chi connectivity index (χ2v) is 3.48. The Hall–Kier alpha value is -0.560. The summed E-state index contributed by atoms with van der Waals surface area (Å²) in [5, 5.41) is 3.40. The first kappa shape index (κ1) is 9.53. The van der Waals surface area contributed by atoms with E-state index in [0.29, 0.717) is 6.04 Å². The minimum Gasteiger partial charge on any atom is -0.310 e. The van der Waals surface area contributed by atoms with Gasteiger partial charge in [-0.3, -0.25) is 0 Å². The molecule has 0 saturated heterocycles. The lowest BCUT2D eigenvalue weighted by Gasteiger charge is -2.08. The zero-order valence-corrected chi connectivity index (χ0v) is 7.97. The Bertz CT molecular complexity index is 170. The molecule has 1 rings (SSSR count). The van der Waals surface area contributed by atoms with Crippen molar-refractivity contribution in [3.63, 3.8) is 0 Å². The number of allylic oxidation sites excluding steroid dienone is 1. The van der Waals surface area contributed by atoms with Crippen LogP contribution in [0.2, 0.25) is 0 Å². The fourth-order valence-electron chi connectivity index (χ4n) is 1.51. The zero-order chi connectivity index (χ0) is 8.81. The molecule has 1 atom stereocenters. The van der Waals surface area contributed by atoms with E-state index in [2.05, 4.69) is 24.9 Å². The van der Waals surface area contributed by atoms with Crippen molar-refractivity contribution < 1.29 is 0 Å². The molecule has 0 amide bonds. The van der Waals surface area contributed by atoms with Crippen molar-refractivity contribution in [2.45, 2.75) is 38.6 Å². The molecule has 1 aliphatic carbocycles. The lowest BCUT2D eigenvalue weighted by atomic mass is 10.1. The fourth-order valence-corrected chi connectivity index (χ4v) is 1.51. The minimum atomic E-state index is 0.451. The van der Waals surface area contributed by atoms with Crippen molar-refractivity contribution in [2.24, 2.45) is 0 Å². The SMILES string of the molecule is C=CC(C)NCCC1=CCCC1. The van der Waals surface area contributed by atoms with Crippen LogP contribution in [0.5, 0.6) is 0 Å². The molecule has 0 heterocycles. The van der Waals surface area contributed by atoms with E-state index in [1.807, 2.05) is 6.08 Å². The average molecular weight is 165 g/mol. The Morgan fingerprint density at radius 2 is 2.58 bits per heavy atom. The highest BCUT2D eigenvalue weighted by Gasteiger charge is 2.03. The summed E-state index contributed by atoms with van der Waals surface area (Å²) >= 11 is 0.